The van der Waals surface area contributed by atoms with E-state index in [0.717, 1.165) is 25.7 Å². The van der Waals surface area contributed by atoms with Crippen molar-refractivity contribution in [2.24, 2.45) is 11.8 Å². The number of piperazine rings is 1. The van der Waals surface area contributed by atoms with Crippen LogP contribution in [0.4, 0.5) is 4.79 Å². The number of amides is 4. The van der Waals surface area contributed by atoms with Crippen LogP contribution in [-0.2, 0) is 9.59 Å². The van der Waals surface area contributed by atoms with Crippen LogP contribution in [0.5, 0.6) is 0 Å². The highest BCUT2D eigenvalue weighted by atomic mass is 16.2. The smallest absolute Gasteiger partial charge is 0.326 e. The number of carbonyl (C=O) groups excluding carboxylic acids is 3. The second kappa shape index (κ2) is 6.94. The summed E-state index contributed by atoms with van der Waals surface area (Å²) in [5.74, 6) is 0.295. The van der Waals surface area contributed by atoms with E-state index in [1.54, 1.807) is 0 Å². The van der Waals surface area contributed by atoms with Crippen LogP contribution < -0.4 is 5.32 Å². The molecule has 3 aliphatic rings. The molecule has 1 spiro atoms. The minimum absolute atomic E-state index is 0.00475. The zero-order valence-electron chi connectivity index (χ0n) is 15.6. The van der Waals surface area contributed by atoms with Crippen LogP contribution >= 0.6 is 0 Å². The first-order valence-electron chi connectivity index (χ1n) is 9.50. The molecule has 1 saturated carbocycles. The maximum Gasteiger partial charge on any atom is 0.326 e. The molecule has 2 aliphatic heterocycles. The minimum Gasteiger partial charge on any atom is -0.340 e. The number of hydrogen-bond donors (Lipinski definition) is 1. The monoisotopic (exact) mass is 350 g/mol. The molecule has 4 amide bonds. The average Bonchev–Trinajstić information content (AvgIpc) is 2.82. The Hall–Kier alpha value is -1.63. The van der Waals surface area contributed by atoms with Gasteiger partial charge in [-0.2, -0.15) is 0 Å². The van der Waals surface area contributed by atoms with Crippen molar-refractivity contribution in [2.75, 3.05) is 32.8 Å². The Balaban J connectivity index is 1.60. The summed E-state index contributed by atoms with van der Waals surface area (Å²) in [6, 6.07) is -0.264. The number of imide groups is 1. The van der Waals surface area contributed by atoms with Gasteiger partial charge in [-0.15, -0.1) is 0 Å². The summed E-state index contributed by atoms with van der Waals surface area (Å²) in [7, 11) is 0. The molecule has 1 aliphatic carbocycles. The number of hydrogen-bond acceptors (Lipinski definition) is 4. The van der Waals surface area contributed by atoms with Crippen LogP contribution in [0.3, 0.4) is 0 Å². The predicted octanol–water partition coefficient (Wildman–Crippen LogP) is 1.24. The second-order valence-electron chi connectivity index (χ2n) is 8.02. The van der Waals surface area contributed by atoms with Crippen LogP contribution in [0, 0.1) is 11.8 Å². The van der Waals surface area contributed by atoms with E-state index in [2.05, 4.69) is 17.1 Å². The first kappa shape index (κ1) is 18.2. The van der Waals surface area contributed by atoms with Crippen molar-refractivity contribution in [3.8, 4) is 0 Å². The Morgan fingerprint density at radius 2 is 1.88 bits per heavy atom. The molecule has 0 aromatic carbocycles. The Bertz CT molecular complexity index is 557. The average molecular weight is 350 g/mol. The third kappa shape index (κ3) is 3.26. The molecule has 0 bridgehead atoms. The van der Waals surface area contributed by atoms with Gasteiger partial charge in [0.25, 0.3) is 5.91 Å². The Labute approximate surface area is 149 Å². The molecular formula is C18H30N4O3. The van der Waals surface area contributed by atoms with Gasteiger partial charge in [-0.05, 0) is 18.8 Å². The summed E-state index contributed by atoms with van der Waals surface area (Å²) >= 11 is 0. The van der Waals surface area contributed by atoms with Gasteiger partial charge < -0.3 is 10.2 Å². The predicted molar refractivity (Wildman–Crippen MR) is 93.6 cm³/mol. The summed E-state index contributed by atoms with van der Waals surface area (Å²) in [5, 5.41) is 3.00. The number of urea groups is 1. The SMILES string of the molecule is CC(C)C(=O)N1CCN(CN2C(=O)NC3(CCCCC3C)C2=O)CC1. The Kier molecular flexibility index (Phi) is 5.04. The summed E-state index contributed by atoms with van der Waals surface area (Å²) in [6.45, 7) is 8.90. The molecular weight excluding hydrogens is 320 g/mol. The number of nitrogens with zero attached hydrogens (tertiary/aromatic N) is 3. The summed E-state index contributed by atoms with van der Waals surface area (Å²) in [6.07, 6.45) is 3.83. The molecule has 0 aromatic heterocycles. The van der Waals surface area contributed by atoms with Crippen molar-refractivity contribution in [2.45, 2.75) is 52.0 Å². The molecule has 7 nitrogen and oxygen atoms in total. The second-order valence-corrected chi connectivity index (χ2v) is 8.02. The molecule has 0 aromatic rings. The van der Waals surface area contributed by atoms with Gasteiger partial charge in [0.05, 0.1) is 6.67 Å². The van der Waals surface area contributed by atoms with Gasteiger partial charge in [0.1, 0.15) is 5.54 Å². The lowest BCUT2D eigenvalue weighted by Crippen LogP contribution is -2.55. The Morgan fingerprint density at radius 1 is 1.20 bits per heavy atom. The van der Waals surface area contributed by atoms with E-state index < -0.39 is 5.54 Å². The van der Waals surface area contributed by atoms with Gasteiger partial charge in [-0.3, -0.25) is 14.5 Å². The summed E-state index contributed by atoms with van der Waals surface area (Å²) < 4.78 is 0. The third-order valence-corrected chi connectivity index (χ3v) is 6.02. The van der Waals surface area contributed by atoms with Crippen molar-refractivity contribution in [3.05, 3.63) is 0 Å². The van der Waals surface area contributed by atoms with Crippen molar-refractivity contribution >= 4 is 17.8 Å². The van der Waals surface area contributed by atoms with Gasteiger partial charge in [0.2, 0.25) is 5.91 Å². The van der Waals surface area contributed by atoms with E-state index in [-0.39, 0.29) is 29.7 Å². The number of rotatable bonds is 3. The van der Waals surface area contributed by atoms with Crippen LogP contribution in [-0.4, -0.2) is 70.9 Å². The first-order chi connectivity index (χ1) is 11.8. The molecule has 2 heterocycles. The van der Waals surface area contributed by atoms with Crippen LogP contribution in [0.25, 0.3) is 0 Å². The van der Waals surface area contributed by atoms with Gasteiger partial charge in [0.15, 0.2) is 0 Å². The molecule has 2 atom stereocenters. The third-order valence-electron chi connectivity index (χ3n) is 6.02. The molecule has 2 saturated heterocycles. The number of nitrogens with one attached hydrogen (secondary N) is 1. The number of carbonyl (C=O) groups is 3. The fourth-order valence-corrected chi connectivity index (χ4v) is 4.30. The van der Waals surface area contributed by atoms with E-state index in [9.17, 15) is 14.4 Å². The van der Waals surface area contributed by atoms with Crippen LogP contribution in [0.15, 0.2) is 0 Å². The first-order valence-corrected chi connectivity index (χ1v) is 9.50. The lowest BCUT2D eigenvalue weighted by Gasteiger charge is -2.38. The van der Waals surface area contributed by atoms with E-state index in [0.29, 0.717) is 32.8 Å². The van der Waals surface area contributed by atoms with Gasteiger partial charge in [-0.25, -0.2) is 9.69 Å². The van der Waals surface area contributed by atoms with E-state index >= 15 is 0 Å². The summed E-state index contributed by atoms with van der Waals surface area (Å²) in [5.41, 5.74) is -0.690. The molecule has 1 N–H and O–H groups in total. The van der Waals surface area contributed by atoms with Gasteiger partial charge in [-0.1, -0.05) is 33.6 Å². The maximum absolute atomic E-state index is 13.0. The normalized spacial score (nSPS) is 31.1. The molecule has 3 rings (SSSR count). The van der Waals surface area contributed by atoms with Gasteiger partial charge >= 0.3 is 6.03 Å². The zero-order chi connectivity index (χ0) is 18.2. The Morgan fingerprint density at radius 3 is 2.48 bits per heavy atom. The molecule has 3 fully saturated rings. The quantitative estimate of drug-likeness (QED) is 0.778. The highest BCUT2D eigenvalue weighted by Crippen LogP contribution is 2.38. The van der Waals surface area contributed by atoms with E-state index in [1.165, 1.54) is 4.90 Å². The topological polar surface area (TPSA) is 73.0 Å². The minimum atomic E-state index is -0.690. The largest absolute Gasteiger partial charge is 0.340 e. The van der Waals surface area contributed by atoms with E-state index in [4.69, 9.17) is 0 Å². The molecule has 140 valence electrons. The van der Waals surface area contributed by atoms with Crippen molar-refractivity contribution in [3.63, 3.8) is 0 Å². The fourth-order valence-electron chi connectivity index (χ4n) is 4.30. The van der Waals surface area contributed by atoms with Crippen molar-refractivity contribution in [1.29, 1.82) is 0 Å². The maximum atomic E-state index is 13.0. The van der Waals surface area contributed by atoms with Crippen molar-refractivity contribution in [1.82, 2.24) is 20.0 Å². The zero-order valence-corrected chi connectivity index (χ0v) is 15.6. The fraction of sp³-hybridized carbons (Fsp3) is 0.833. The highest BCUT2D eigenvalue weighted by Gasteiger charge is 2.55. The highest BCUT2D eigenvalue weighted by molar-refractivity contribution is 6.07. The molecule has 0 radical (unpaired) electrons. The van der Waals surface area contributed by atoms with Crippen LogP contribution in [0.1, 0.15) is 46.5 Å². The summed E-state index contributed by atoms with van der Waals surface area (Å²) in [4.78, 5) is 42.8. The standard InChI is InChI=1S/C18H30N4O3/c1-13(2)15(23)21-10-8-20(9-11-21)12-22-16(24)18(19-17(22)25)7-5-4-6-14(18)3/h13-14H,4-12H2,1-3H3,(H,19,25). The van der Waals surface area contributed by atoms with Crippen LogP contribution in [0.2, 0.25) is 0 Å². The lowest BCUT2D eigenvalue weighted by atomic mass is 9.73. The van der Waals surface area contributed by atoms with Gasteiger partial charge in [0, 0.05) is 32.1 Å². The molecule has 2 unspecified atom stereocenters. The molecule has 25 heavy (non-hydrogen) atoms. The lowest BCUT2D eigenvalue weighted by molar-refractivity contribution is -0.139. The van der Waals surface area contributed by atoms with E-state index in [1.807, 2.05) is 18.7 Å². The van der Waals surface area contributed by atoms with Crippen molar-refractivity contribution < 1.29 is 14.4 Å². The molecule has 7 heteroatoms.